The van der Waals surface area contributed by atoms with Gasteiger partial charge in [0, 0.05) is 33.8 Å². The van der Waals surface area contributed by atoms with E-state index in [0.717, 1.165) is 25.7 Å². The summed E-state index contributed by atoms with van der Waals surface area (Å²) in [6.07, 6.45) is 3.42. The molecule has 0 spiro atoms. The topological polar surface area (TPSA) is 7.94 Å². The van der Waals surface area contributed by atoms with E-state index in [9.17, 15) is 0 Å². The normalized spacial score (nSPS) is 18.2. The van der Waals surface area contributed by atoms with Gasteiger partial charge >= 0.3 is 6.97 Å². The molecule has 2 aliphatic heterocycles. The van der Waals surface area contributed by atoms with Crippen molar-refractivity contribution in [3.63, 3.8) is 0 Å². The van der Waals surface area contributed by atoms with Gasteiger partial charge in [-0.2, -0.15) is 0 Å². The lowest BCUT2D eigenvalue weighted by Crippen LogP contribution is -2.50. The SMILES string of the molecule is Cc1ccc(C2=C3C=CC(Br)=[N+]3[B-](F)(F)n3c(Br)ccc32)cc1C. The van der Waals surface area contributed by atoms with Crippen LogP contribution in [0, 0.1) is 13.8 Å². The molecule has 122 valence electrons. The molecule has 1 aromatic carbocycles. The van der Waals surface area contributed by atoms with E-state index in [1.165, 1.54) is 5.56 Å². The first-order valence-corrected chi connectivity index (χ1v) is 9.12. The van der Waals surface area contributed by atoms with Crippen LogP contribution in [0.4, 0.5) is 8.63 Å². The van der Waals surface area contributed by atoms with E-state index in [2.05, 4.69) is 37.9 Å². The molecule has 0 fully saturated rings. The highest BCUT2D eigenvalue weighted by Crippen LogP contribution is 2.42. The molecule has 0 atom stereocenters. The van der Waals surface area contributed by atoms with Crippen LogP contribution in [-0.2, 0) is 0 Å². The van der Waals surface area contributed by atoms with Gasteiger partial charge in [-0.15, -0.1) is 0 Å². The molecule has 24 heavy (non-hydrogen) atoms. The van der Waals surface area contributed by atoms with Crippen molar-refractivity contribution in [3.05, 3.63) is 75.2 Å². The molecule has 0 saturated carbocycles. The van der Waals surface area contributed by atoms with Crippen molar-refractivity contribution in [2.24, 2.45) is 0 Å². The number of rotatable bonds is 1. The Morgan fingerprint density at radius 2 is 1.75 bits per heavy atom. The Morgan fingerprint density at radius 1 is 1.00 bits per heavy atom. The van der Waals surface area contributed by atoms with Crippen LogP contribution in [0.25, 0.3) is 5.57 Å². The largest absolute Gasteiger partial charge is 0.738 e. The fraction of sp³-hybridized carbons (Fsp3) is 0.118. The summed E-state index contributed by atoms with van der Waals surface area (Å²) in [5.41, 5.74) is 5.10. The van der Waals surface area contributed by atoms with Crippen LogP contribution in [-0.4, -0.2) is 20.6 Å². The Hall–Kier alpha value is -1.47. The maximum Gasteiger partial charge on any atom is 0.738 e. The monoisotopic (exact) mass is 452 g/mol. The summed E-state index contributed by atoms with van der Waals surface area (Å²) < 4.78 is 33.2. The van der Waals surface area contributed by atoms with Crippen molar-refractivity contribution in [2.75, 3.05) is 0 Å². The molecule has 0 bridgehead atoms. The van der Waals surface area contributed by atoms with Crippen LogP contribution in [0.15, 0.2) is 52.8 Å². The average Bonchev–Trinajstić information content (AvgIpc) is 3.08. The molecule has 0 amide bonds. The van der Waals surface area contributed by atoms with Gasteiger partial charge in [-0.1, -0.05) is 18.2 Å². The standard InChI is InChI=1S/C17H13BBr2F2N2/c1-10-3-4-12(9-11(10)2)17-13-5-7-15(19)23(13)18(21,22)24-14(17)6-8-16(24)20/h3-9H,1-2H3. The molecule has 4 rings (SSSR count). The first kappa shape index (κ1) is 16.0. The lowest BCUT2D eigenvalue weighted by molar-refractivity contribution is -0.358. The molecule has 1 aromatic heterocycles. The van der Waals surface area contributed by atoms with Gasteiger partial charge in [0.15, 0.2) is 5.70 Å². The smallest absolute Gasteiger partial charge is 0.389 e. The maximum atomic E-state index is 15.1. The van der Waals surface area contributed by atoms with Crippen molar-refractivity contribution >= 4 is 49.0 Å². The van der Waals surface area contributed by atoms with Crippen LogP contribution in [0.5, 0.6) is 0 Å². The molecule has 0 N–H and O–H groups in total. The van der Waals surface area contributed by atoms with Gasteiger partial charge in [0.1, 0.15) is 0 Å². The van der Waals surface area contributed by atoms with E-state index < -0.39 is 6.97 Å². The third-order valence-electron chi connectivity index (χ3n) is 4.67. The van der Waals surface area contributed by atoms with Crippen molar-refractivity contribution in [3.8, 4) is 0 Å². The zero-order chi connectivity index (χ0) is 17.2. The van der Waals surface area contributed by atoms with E-state index in [0.29, 0.717) is 20.6 Å². The third-order valence-corrected chi connectivity index (χ3v) is 5.96. The number of hydrogen-bond acceptors (Lipinski definition) is 0. The van der Waals surface area contributed by atoms with Crippen LogP contribution in [0.3, 0.4) is 0 Å². The predicted octanol–water partition coefficient (Wildman–Crippen LogP) is 5.24. The Labute approximate surface area is 155 Å². The minimum Gasteiger partial charge on any atom is -0.389 e. The molecule has 0 saturated heterocycles. The molecule has 0 unspecified atom stereocenters. The minimum absolute atomic E-state index is 0.370. The number of halogens is 4. The van der Waals surface area contributed by atoms with E-state index in [-0.39, 0.29) is 0 Å². The van der Waals surface area contributed by atoms with E-state index in [1.807, 2.05) is 26.0 Å². The number of allylic oxidation sites excluding steroid dienone is 2. The molecule has 0 aliphatic carbocycles. The van der Waals surface area contributed by atoms with Crippen molar-refractivity contribution in [1.82, 2.24) is 4.48 Å². The fourth-order valence-corrected chi connectivity index (χ4v) is 4.46. The highest BCUT2D eigenvalue weighted by molar-refractivity contribution is 9.18. The summed E-state index contributed by atoms with van der Waals surface area (Å²) >= 11 is 6.55. The molecule has 2 aliphatic rings. The number of fused-ring (bicyclic) bond motifs is 2. The number of hydrogen-bond donors (Lipinski definition) is 0. The number of aryl methyl sites for hydroxylation is 2. The first-order chi connectivity index (χ1) is 11.3. The summed E-state index contributed by atoms with van der Waals surface area (Å²) in [6.45, 7) is 0.113. The Kier molecular flexibility index (Phi) is 3.52. The fourth-order valence-electron chi connectivity index (χ4n) is 3.33. The second-order valence-electron chi connectivity index (χ2n) is 6.08. The van der Waals surface area contributed by atoms with Crippen LogP contribution in [0.2, 0.25) is 0 Å². The van der Waals surface area contributed by atoms with Gasteiger partial charge in [0.05, 0.1) is 10.2 Å². The van der Waals surface area contributed by atoms with Crippen molar-refractivity contribution < 1.29 is 13.1 Å². The Bertz CT molecular complexity index is 986. The summed E-state index contributed by atoms with van der Waals surface area (Å²) in [5.74, 6) is 0. The van der Waals surface area contributed by atoms with Crippen molar-refractivity contribution in [2.45, 2.75) is 13.8 Å². The van der Waals surface area contributed by atoms with Crippen LogP contribution in [0.1, 0.15) is 22.4 Å². The molecular weight excluding hydrogens is 441 g/mol. The summed E-state index contributed by atoms with van der Waals surface area (Å²) in [4.78, 5) is 0. The predicted molar refractivity (Wildman–Crippen MR) is 101 cm³/mol. The van der Waals surface area contributed by atoms with Crippen LogP contribution >= 0.6 is 31.9 Å². The second kappa shape index (κ2) is 5.26. The molecule has 3 heterocycles. The molecular formula is C17H13BBr2F2N2. The molecule has 2 aromatic rings. The maximum absolute atomic E-state index is 15.1. The highest BCUT2D eigenvalue weighted by Gasteiger charge is 2.54. The number of aromatic nitrogens is 1. The van der Waals surface area contributed by atoms with E-state index in [4.69, 9.17) is 0 Å². The van der Waals surface area contributed by atoms with Gasteiger partial charge in [-0.3, -0.25) is 0 Å². The van der Waals surface area contributed by atoms with Gasteiger partial charge < -0.3 is 17.6 Å². The zero-order valence-electron chi connectivity index (χ0n) is 13.0. The lowest BCUT2D eigenvalue weighted by Gasteiger charge is -2.32. The molecule has 7 heteroatoms. The van der Waals surface area contributed by atoms with Gasteiger partial charge in [-0.25, -0.2) is 0 Å². The average molecular weight is 454 g/mol. The van der Waals surface area contributed by atoms with Crippen molar-refractivity contribution in [1.29, 1.82) is 0 Å². The van der Waals surface area contributed by atoms with E-state index >= 15 is 8.63 Å². The lowest BCUT2D eigenvalue weighted by atomic mass is 9.86. The zero-order valence-corrected chi connectivity index (χ0v) is 16.2. The second-order valence-corrected chi connectivity index (χ2v) is 7.71. The third kappa shape index (κ3) is 2.07. The minimum atomic E-state index is -3.96. The highest BCUT2D eigenvalue weighted by atomic mass is 79.9. The number of benzene rings is 1. The quantitative estimate of drug-likeness (QED) is 0.522. The van der Waals surface area contributed by atoms with Gasteiger partial charge in [-0.05, 0) is 58.6 Å². The van der Waals surface area contributed by atoms with Crippen LogP contribution < -0.4 is 0 Å². The summed E-state index contributed by atoms with van der Waals surface area (Å²) in [5, 5.41) is 0. The Balaban J connectivity index is 2.10. The summed E-state index contributed by atoms with van der Waals surface area (Å²) in [7, 11) is 0. The Morgan fingerprint density at radius 3 is 2.46 bits per heavy atom. The molecule has 0 radical (unpaired) electrons. The van der Waals surface area contributed by atoms with Gasteiger partial charge in [0.25, 0.3) is 0 Å². The summed E-state index contributed by atoms with van der Waals surface area (Å²) in [6, 6.07) is 9.49. The number of nitrogens with zero attached hydrogens (tertiary/aromatic N) is 2. The van der Waals surface area contributed by atoms with Gasteiger partial charge in [0.2, 0.25) is 4.62 Å². The first-order valence-electron chi connectivity index (χ1n) is 7.53. The van der Waals surface area contributed by atoms with E-state index in [1.54, 1.807) is 24.3 Å². The molecule has 2 nitrogen and oxygen atoms in total.